The normalized spacial score (nSPS) is 10.1. The van der Waals surface area contributed by atoms with Crippen LogP contribution in [0.4, 0.5) is 11.4 Å². The topological polar surface area (TPSA) is 46.3 Å². The highest BCUT2D eigenvalue weighted by atomic mass is 16.2. The molecule has 0 spiro atoms. The lowest BCUT2D eigenvalue weighted by atomic mass is 10.1. The quantitative estimate of drug-likeness (QED) is 0.820. The predicted molar refractivity (Wildman–Crippen MR) is 74.8 cm³/mol. The van der Waals surface area contributed by atoms with E-state index in [2.05, 4.69) is 0 Å². The number of rotatable bonds is 2. The first-order valence-electron chi connectivity index (χ1n) is 5.78. The fourth-order valence-electron chi connectivity index (χ4n) is 1.82. The zero-order chi connectivity index (χ0) is 13.1. The molecule has 2 aromatic carbocycles. The third-order valence-electron chi connectivity index (χ3n) is 2.83. The van der Waals surface area contributed by atoms with Gasteiger partial charge >= 0.3 is 0 Å². The van der Waals surface area contributed by atoms with E-state index in [1.165, 1.54) is 0 Å². The Hall–Kier alpha value is -2.29. The Kier molecular flexibility index (Phi) is 3.33. The maximum Gasteiger partial charge on any atom is 0.258 e. The Bertz CT molecular complexity index is 578. The molecule has 18 heavy (non-hydrogen) atoms. The molecule has 0 heterocycles. The molecule has 0 unspecified atom stereocenters. The molecule has 3 heteroatoms. The molecule has 0 saturated carbocycles. The van der Waals surface area contributed by atoms with E-state index in [-0.39, 0.29) is 5.91 Å². The zero-order valence-corrected chi connectivity index (χ0v) is 10.6. The van der Waals surface area contributed by atoms with Crippen LogP contribution in [0, 0.1) is 6.92 Å². The van der Waals surface area contributed by atoms with Crippen LogP contribution in [-0.2, 0) is 0 Å². The average Bonchev–Trinajstić information content (AvgIpc) is 2.37. The molecule has 0 radical (unpaired) electrons. The first-order valence-corrected chi connectivity index (χ1v) is 5.78. The van der Waals surface area contributed by atoms with Crippen molar-refractivity contribution in [3.05, 3.63) is 59.7 Å². The summed E-state index contributed by atoms with van der Waals surface area (Å²) in [6, 6.07) is 14.8. The molecule has 2 rings (SSSR count). The van der Waals surface area contributed by atoms with Gasteiger partial charge in [-0.2, -0.15) is 0 Å². The standard InChI is InChI=1S/C15H16N2O/c1-11-5-3-6-12(9-11)15(18)17(2)14-8-4-7-13(16)10-14/h3-10H,16H2,1-2H3. The second-order valence-corrected chi connectivity index (χ2v) is 4.33. The second kappa shape index (κ2) is 4.92. The molecule has 0 aromatic heterocycles. The largest absolute Gasteiger partial charge is 0.399 e. The van der Waals surface area contributed by atoms with Gasteiger partial charge < -0.3 is 10.6 Å². The van der Waals surface area contributed by atoms with E-state index in [1.54, 1.807) is 24.1 Å². The number of aryl methyl sites for hydroxylation is 1. The molecular formula is C15H16N2O. The van der Waals surface area contributed by atoms with Crippen LogP contribution < -0.4 is 10.6 Å². The van der Waals surface area contributed by atoms with Gasteiger partial charge in [0.25, 0.3) is 5.91 Å². The molecular weight excluding hydrogens is 224 g/mol. The van der Waals surface area contributed by atoms with E-state index < -0.39 is 0 Å². The van der Waals surface area contributed by atoms with E-state index in [0.717, 1.165) is 11.3 Å². The van der Waals surface area contributed by atoms with Crippen molar-refractivity contribution in [2.75, 3.05) is 17.7 Å². The van der Waals surface area contributed by atoms with Gasteiger partial charge in [-0.15, -0.1) is 0 Å². The summed E-state index contributed by atoms with van der Waals surface area (Å²) in [5.74, 6) is -0.0377. The summed E-state index contributed by atoms with van der Waals surface area (Å²) >= 11 is 0. The summed E-state index contributed by atoms with van der Waals surface area (Å²) in [5.41, 5.74) is 8.92. The van der Waals surface area contributed by atoms with Crippen LogP contribution in [0.2, 0.25) is 0 Å². The van der Waals surface area contributed by atoms with Crippen LogP contribution in [0.3, 0.4) is 0 Å². The molecule has 2 aromatic rings. The molecule has 0 fully saturated rings. The van der Waals surface area contributed by atoms with E-state index in [4.69, 9.17) is 5.73 Å². The van der Waals surface area contributed by atoms with Crippen molar-refractivity contribution in [3.63, 3.8) is 0 Å². The van der Waals surface area contributed by atoms with Crippen molar-refractivity contribution >= 4 is 17.3 Å². The summed E-state index contributed by atoms with van der Waals surface area (Å²) in [6.07, 6.45) is 0. The Morgan fingerprint density at radius 2 is 1.83 bits per heavy atom. The number of anilines is 2. The second-order valence-electron chi connectivity index (χ2n) is 4.33. The van der Waals surface area contributed by atoms with Crippen molar-refractivity contribution in [1.29, 1.82) is 0 Å². The van der Waals surface area contributed by atoms with Gasteiger partial charge in [-0.05, 0) is 37.3 Å². The monoisotopic (exact) mass is 240 g/mol. The number of hydrogen-bond donors (Lipinski definition) is 1. The number of carbonyl (C=O) groups is 1. The predicted octanol–water partition coefficient (Wildman–Crippen LogP) is 2.85. The van der Waals surface area contributed by atoms with Gasteiger partial charge in [0.2, 0.25) is 0 Å². The van der Waals surface area contributed by atoms with E-state index in [1.807, 2.05) is 43.3 Å². The van der Waals surface area contributed by atoms with E-state index >= 15 is 0 Å². The lowest BCUT2D eigenvalue weighted by Gasteiger charge is -2.18. The highest BCUT2D eigenvalue weighted by molar-refractivity contribution is 6.06. The molecule has 1 amide bonds. The number of nitrogens with two attached hydrogens (primary N) is 1. The summed E-state index contributed by atoms with van der Waals surface area (Å²) in [7, 11) is 1.75. The van der Waals surface area contributed by atoms with Crippen molar-refractivity contribution in [1.82, 2.24) is 0 Å². The van der Waals surface area contributed by atoms with Gasteiger partial charge in [-0.3, -0.25) is 4.79 Å². The number of nitrogens with zero attached hydrogens (tertiary/aromatic N) is 1. The minimum absolute atomic E-state index is 0.0377. The van der Waals surface area contributed by atoms with Gasteiger partial charge in [-0.1, -0.05) is 23.8 Å². The smallest absolute Gasteiger partial charge is 0.258 e. The molecule has 92 valence electrons. The molecule has 0 aliphatic rings. The first-order chi connectivity index (χ1) is 8.58. The summed E-state index contributed by atoms with van der Waals surface area (Å²) in [6.45, 7) is 1.97. The maximum absolute atomic E-state index is 12.3. The zero-order valence-electron chi connectivity index (χ0n) is 10.6. The van der Waals surface area contributed by atoms with Gasteiger partial charge in [0, 0.05) is 24.0 Å². The third kappa shape index (κ3) is 2.51. The number of nitrogen functional groups attached to an aromatic ring is 1. The molecule has 0 aliphatic heterocycles. The summed E-state index contributed by atoms with van der Waals surface area (Å²) in [4.78, 5) is 13.9. The van der Waals surface area contributed by atoms with E-state index in [9.17, 15) is 4.79 Å². The number of amides is 1. The molecule has 0 saturated heterocycles. The Morgan fingerprint density at radius 1 is 1.11 bits per heavy atom. The van der Waals surface area contributed by atoms with Gasteiger partial charge in [0.05, 0.1) is 0 Å². The number of hydrogen-bond acceptors (Lipinski definition) is 2. The van der Waals surface area contributed by atoms with Crippen LogP contribution in [0.1, 0.15) is 15.9 Å². The number of carbonyl (C=O) groups excluding carboxylic acids is 1. The van der Waals surface area contributed by atoms with Crippen molar-refractivity contribution in [2.24, 2.45) is 0 Å². The number of benzene rings is 2. The molecule has 3 nitrogen and oxygen atoms in total. The Labute approximate surface area is 107 Å². The maximum atomic E-state index is 12.3. The van der Waals surface area contributed by atoms with Gasteiger partial charge in [-0.25, -0.2) is 0 Å². The molecule has 0 atom stereocenters. The summed E-state index contributed by atoms with van der Waals surface area (Å²) < 4.78 is 0. The highest BCUT2D eigenvalue weighted by Crippen LogP contribution is 2.18. The molecule has 2 N–H and O–H groups in total. The third-order valence-corrected chi connectivity index (χ3v) is 2.83. The molecule has 0 bridgehead atoms. The van der Waals surface area contributed by atoms with E-state index in [0.29, 0.717) is 11.3 Å². The van der Waals surface area contributed by atoms with Crippen molar-refractivity contribution in [2.45, 2.75) is 6.92 Å². The highest BCUT2D eigenvalue weighted by Gasteiger charge is 2.13. The van der Waals surface area contributed by atoms with Crippen LogP contribution >= 0.6 is 0 Å². The van der Waals surface area contributed by atoms with Crippen molar-refractivity contribution < 1.29 is 4.79 Å². The van der Waals surface area contributed by atoms with Crippen molar-refractivity contribution in [3.8, 4) is 0 Å². The van der Waals surface area contributed by atoms with Crippen LogP contribution in [0.15, 0.2) is 48.5 Å². The lowest BCUT2D eigenvalue weighted by Crippen LogP contribution is -2.26. The lowest BCUT2D eigenvalue weighted by molar-refractivity contribution is 0.0993. The SMILES string of the molecule is Cc1cccc(C(=O)N(C)c2cccc(N)c2)c1. The van der Waals surface area contributed by atoms with Crippen LogP contribution in [0.5, 0.6) is 0 Å². The van der Waals surface area contributed by atoms with Crippen LogP contribution in [0.25, 0.3) is 0 Å². The van der Waals surface area contributed by atoms with Gasteiger partial charge in [0.1, 0.15) is 0 Å². The first kappa shape index (κ1) is 12.2. The minimum Gasteiger partial charge on any atom is -0.399 e. The fourth-order valence-corrected chi connectivity index (χ4v) is 1.82. The Morgan fingerprint density at radius 3 is 2.50 bits per heavy atom. The summed E-state index contributed by atoms with van der Waals surface area (Å²) in [5, 5.41) is 0. The van der Waals surface area contributed by atoms with Crippen LogP contribution in [-0.4, -0.2) is 13.0 Å². The minimum atomic E-state index is -0.0377. The fraction of sp³-hybridized carbons (Fsp3) is 0.133. The van der Waals surface area contributed by atoms with Gasteiger partial charge in [0.15, 0.2) is 0 Å². The Balaban J connectivity index is 2.29. The average molecular weight is 240 g/mol. The molecule has 0 aliphatic carbocycles.